The van der Waals surface area contributed by atoms with E-state index in [0.717, 1.165) is 22.7 Å². The predicted octanol–water partition coefficient (Wildman–Crippen LogP) is 2.45. The molecule has 5 nitrogen and oxygen atoms in total. The summed E-state index contributed by atoms with van der Waals surface area (Å²) in [6.07, 6.45) is 1.76. The highest BCUT2D eigenvalue weighted by atomic mass is 32.1. The summed E-state index contributed by atoms with van der Waals surface area (Å²) in [5.41, 5.74) is 2.10. The molecule has 0 fully saturated rings. The third kappa shape index (κ3) is 2.48. The third-order valence-corrected chi connectivity index (χ3v) is 2.87. The van der Waals surface area contributed by atoms with E-state index in [2.05, 4.69) is 15.3 Å². The maximum absolute atomic E-state index is 5.16. The molecule has 0 aliphatic rings. The molecule has 0 aliphatic carbocycles. The first-order valence-corrected chi connectivity index (χ1v) is 5.85. The van der Waals surface area contributed by atoms with Crippen molar-refractivity contribution in [2.24, 2.45) is 5.10 Å². The number of aryl methyl sites for hydroxylation is 2. The van der Waals surface area contributed by atoms with Crippen molar-refractivity contribution in [3.05, 3.63) is 39.9 Å². The van der Waals surface area contributed by atoms with Crippen molar-refractivity contribution in [3.8, 4) is 5.75 Å². The Bertz CT molecular complexity index is 642. The first-order valence-electron chi connectivity index (χ1n) is 5.45. The average molecular weight is 262 g/mol. The van der Waals surface area contributed by atoms with Crippen molar-refractivity contribution < 1.29 is 4.74 Å². The van der Waals surface area contributed by atoms with Crippen molar-refractivity contribution >= 4 is 18.4 Å². The van der Waals surface area contributed by atoms with E-state index >= 15 is 0 Å². The van der Waals surface area contributed by atoms with Crippen LogP contribution in [0.15, 0.2) is 23.3 Å². The maximum Gasteiger partial charge on any atom is 0.216 e. The molecule has 0 atom stereocenters. The molecule has 6 heteroatoms. The molecule has 0 saturated heterocycles. The lowest BCUT2D eigenvalue weighted by atomic mass is 10.1. The molecule has 0 saturated carbocycles. The van der Waals surface area contributed by atoms with Crippen molar-refractivity contribution in [2.75, 3.05) is 7.11 Å². The fourth-order valence-corrected chi connectivity index (χ4v) is 1.77. The van der Waals surface area contributed by atoms with E-state index in [9.17, 15) is 0 Å². The van der Waals surface area contributed by atoms with E-state index in [0.29, 0.717) is 4.77 Å². The number of benzene rings is 1. The number of H-pyrrole nitrogens is 1. The summed E-state index contributed by atoms with van der Waals surface area (Å²) in [6, 6.07) is 5.81. The molecule has 2 rings (SSSR count). The number of hydrogen-bond acceptors (Lipinski definition) is 4. The largest absolute Gasteiger partial charge is 0.497 e. The van der Waals surface area contributed by atoms with Gasteiger partial charge in [0.15, 0.2) is 0 Å². The topological polar surface area (TPSA) is 55.2 Å². The van der Waals surface area contributed by atoms with Gasteiger partial charge in [-0.2, -0.15) is 14.9 Å². The van der Waals surface area contributed by atoms with Crippen molar-refractivity contribution in [1.29, 1.82) is 0 Å². The summed E-state index contributed by atoms with van der Waals surface area (Å²) in [4.78, 5) is 0. The zero-order valence-corrected chi connectivity index (χ0v) is 11.3. The van der Waals surface area contributed by atoms with Crippen LogP contribution in [0.1, 0.15) is 17.0 Å². The second-order valence-electron chi connectivity index (χ2n) is 3.85. The van der Waals surface area contributed by atoms with E-state index in [1.165, 1.54) is 0 Å². The summed E-state index contributed by atoms with van der Waals surface area (Å²) in [5.74, 6) is 1.56. The van der Waals surface area contributed by atoms with Crippen molar-refractivity contribution in [3.63, 3.8) is 0 Å². The van der Waals surface area contributed by atoms with Gasteiger partial charge in [0.1, 0.15) is 11.6 Å². The van der Waals surface area contributed by atoms with Crippen molar-refractivity contribution in [2.45, 2.75) is 13.8 Å². The Kier molecular flexibility index (Phi) is 3.57. The molecular weight excluding hydrogens is 248 g/mol. The summed E-state index contributed by atoms with van der Waals surface area (Å²) in [6.45, 7) is 3.84. The van der Waals surface area contributed by atoms with Gasteiger partial charge in [-0.3, -0.25) is 5.10 Å². The Labute approximate surface area is 110 Å². The molecular formula is C12H14N4OS. The molecule has 0 bridgehead atoms. The molecule has 18 heavy (non-hydrogen) atoms. The predicted molar refractivity (Wildman–Crippen MR) is 72.9 cm³/mol. The minimum Gasteiger partial charge on any atom is -0.497 e. The van der Waals surface area contributed by atoms with Gasteiger partial charge in [0.2, 0.25) is 4.77 Å². The van der Waals surface area contributed by atoms with Gasteiger partial charge in [0.25, 0.3) is 0 Å². The van der Waals surface area contributed by atoms with Crippen molar-refractivity contribution in [1.82, 2.24) is 14.9 Å². The maximum atomic E-state index is 5.16. The Balaban J connectivity index is 2.32. The Morgan fingerprint density at radius 1 is 1.44 bits per heavy atom. The van der Waals surface area contributed by atoms with E-state index in [1.807, 2.05) is 32.0 Å². The first kappa shape index (κ1) is 12.5. The lowest BCUT2D eigenvalue weighted by Gasteiger charge is -2.03. The van der Waals surface area contributed by atoms with Gasteiger partial charge in [-0.15, -0.1) is 0 Å². The molecule has 1 heterocycles. The van der Waals surface area contributed by atoms with E-state index < -0.39 is 0 Å². The fourth-order valence-electron chi connectivity index (χ4n) is 1.55. The van der Waals surface area contributed by atoms with Crippen LogP contribution >= 0.6 is 12.2 Å². The normalized spacial score (nSPS) is 11.1. The lowest BCUT2D eigenvalue weighted by Crippen LogP contribution is -1.95. The summed E-state index contributed by atoms with van der Waals surface area (Å²) >= 11 is 5.07. The minimum atomic E-state index is 0.481. The number of aromatic amines is 1. The van der Waals surface area contributed by atoms with Crippen LogP contribution in [0, 0.1) is 18.6 Å². The van der Waals surface area contributed by atoms with Gasteiger partial charge in [0, 0.05) is 0 Å². The molecule has 2 aromatic rings. The summed E-state index contributed by atoms with van der Waals surface area (Å²) < 4.78 is 7.22. The van der Waals surface area contributed by atoms with Crippen LogP contribution in [0.2, 0.25) is 0 Å². The summed E-state index contributed by atoms with van der Waals surface area (Å²) in [5, 5.41) is 11.0. The molecule has 0 amide bonds. The SMILES string of the molecule is COc1ccc(/C=N\n2c(C)n[nH]c2=S)c(C)c1. The minimum absolute atomic E-state index is 0.481. The van der Waals surface area contributed by atoms with Gasteiger partial charge in [-0.25, -0.2) is 0 Å². The molecule has 1 aromatic heterocycles. The number of aromatic nitrogens is 3. The molecule has 1 N–H and O–H groups in total. The van der Waals surface area contributed by atoms with Crippen LogP contribution in [0.25, 0.3) is 0 Å². The number of nitrogens with one attached hydrogen (secondary N) is 1. The van der Waals surface area contributed by atoms with Gasteiger partial charge >= 0.3 is 0 Å². The number of nitrogens with zero attached hydrogens (tertiary/aromatic N) is 3. The molecule has 1 aromatic carbocycles. The lowest BCUT2D eigenvalue weighted by molar-refractivity contribution is 0.414. The molecule has 0 spiro atoms. The third-order valence-electron chi connectivity index (χ3n) is 2.60. The van der Waals surface area contributed by atoms with Crippen LogP contribution < -0.4 is 4.74 Å². The molecule has 0 radical (unpaired) electrons. The highest BCUT2D eigenvalue weighted by molar-refractivity contribution is 7.71. The van der Waals surface area contributed by atoms with Crippen LogP contribution in [-0.4, -0.2) is 28.2 Å². The summed E-state index contributed by atoms with van der Waals surface area (Å²) in [7, 11) is 1.65. The monoisotopic (exact) mass is 262 g/mol. The second-order valence-corrected chi connectivity index (χ2v) is 4.24. The smallest absolute Gasteiger partial charge is 0.216 e. The molecule has 0 unspecified atom stereocenters. The molecule has 94 valence electrons. The first-order chi connectivity index (χ1) is 8.61. The quantitative estimate of drug-likeness (QED) is 0.683. The molecule has 0 aliphatic heterocycles. The van der Waals surface area contributed by atoms with E-state index in [1.54, 1.807) is 18.0 Å². The zero-order chi connectivity index (χ0) is 13.1. The standard InChI is InChI=1S/C12H14N4OS/c1-8-6-11(17-3)5-4-10(8)7-13-16-9(2)14-15-12(16)18/h4-7H,1-3H3,(H,15,18)/b13-7-. The average Bonchev–Trinajstić information content (AvgIpc) is 2.68. The number of ether oxygens (including phenoxy) is 1. The van der Waals surface area contributed by atoms with Gasteiger partial charge < -0.3 is 4.74 Å². The number of methoxy groups -OCH3 is 1. The van der Waals surface area contributed by atoms with Gasteiger partial charge in [0.05, 0.1) is 13.3 Å². The van der Waals surface area contributed by atoms with Gasteiger partial charge in [-0.05, 0) is 55.4 Å². The highest BCUT2D eigenvalue weighted by Crippen LogP contribution is 2.15. The Morgan fingerprint density at radius 3 is 2.78 bits per heavy atom. The van der Waals surface area contributed by atoms with Crippen LogP contribution in [-0.2, 0) is 0 Å². The van der Waals surface area contributed by atoms with E-state index in [-0.39, 0.29) is 0 Å². The van der Waals surface area contributed by atoms with Crippen LogP contribution in [0.3, 0.4) is 0 Å². The number of hydrogen-bond donors (Lipinski definition) is 1. The second kappa shape index (κ2) is 5.14. The fraction of sp³-hybridized carbons (Fsp3) is 0.250. The van der Waals surface area contributed by atoms with Crippen LogP contribution in [0.4, 0.5) is 0 Å². The number of rotatable bonds is 3. The highest BCUT2D eigenvalue weighted by Gasteiger charge is 2.00. The Hall–Kier alpha value is -1.95. The van der Waals surface area contributed by atoms with Gasteiger partial charge in [-0.1, -0.05) is 0 Å². The Morgan fingerprint density at radius 2 is 2.22 bits per heavy atom. The van der Waals surface area contributed by atoms with Crippen LogP contribution in [0.5, 0.6) is 5.75 Å². The van der Waals surface area contributed by atoms with E-state index in [4.69, 9.17) is 17.0 Å². The zero-order valence-electron chi connectivity index (χ0n) is 10.5.